The highest BCUT2D eigenvalue weighted by molar-refractivity contribution is 7.62. The van der Waals surface area contributed by atoms with E-state index in [1.54, 1.807) is 0 Å². The average molecular weight is 338 g/mol. The van der Waals surface area contributed by atoms with Gasteiger partial charge in [0, 0.05) is 10.3 Å². The smallest absolute Gasteiger partial charge is 0.182 e. The maximum absolute atomic E-state index is 6.36. The molecule has 0 aliphatic heterocycles. The second-order valence-electron chi connectivity index (χ2n) is 7.31. The molecular weight excluding hydrogens is 302 g/mol. The Morgan fingerprint density at radius 1 is 0.667 bits per heavy atom. The van der Waals surface area contributed by atoms with Gasteiger partial charge < -0.3 is 9.05 Å². The van der Waals surface area contributed by atoms with Crippen LogP contribution in [0.2, 0.25) is 0 Å². The Morgan fingerprint density at radius 2 is 1.00 bits per heavy atom. The largest absolute Gasteiger partial charge is 0.333 e. The second-order valence-corrected chi connectivity index (χ2v) is 12.2. The zero-order valence-corrected chi connectivity index (χ0v) is 17.2. The van der Waals surface area contributed by atoms with Crippen LogP contribution in [0, 0.1) is 0 Å². The van der Waals surface area contributed by atoms with E-state index in [0.29, 0.717) is 0 Å². The van der Waals surface area contributed by atoms with Crippen LogP contribution in [-0.4, -0.2) is 23.5 Å². The zero-order chi connectivity index (χ0) is 16.5. The molecule has 5 heteroatoms. The Kier molecular flexibility index (Phi) is 10.9. The van der Waals surface area contributed by atoms with Gasteiger partial charge in [0.1, 0.15) is 0 Å². The topological polar surface area (TPSA) is 27.7 Å². The number of unbranched alkanes of at least 4 members (excludes halogenated alkanes) is 2. The van der Waals surface area contributed by atoms with Gasteiger partial charge in [-0.2, -0.15) is 0 Å². The van der Waals surface area contributed by atoms with Gasteiger partial charge >= 0.3 is 0 Å². The van der Waals surface area contributed by atoms with Crippen LogP contribution in [0.15, 0.2) is 0 Å². The van der Waals surface area contributed by atoms with E-state index in [4.69, 9.17) is 13.4 Å². The fourth-order valence-electron chi connectivity index (χ4n) is 1.33. The molecule has 0 bridgehead atoms. The molecule has 0 radical (unpaired) electrons. The summed E-state index contributed by atoms with van der Waals surface area (Å²) in [5.74, 6) is 0. The van der Waals surface area contributed by atoms with Gasteiger partial charge in [-0.05, 0) is 12.8 Å². The van der Waals surface area contributed by atoms with Crippen molar-refractivity contribution in [1.82, 2.24) is 0 Å². The van der Waals surface area contributed by atoms with Gasteiger partial charge in [0.2, 0.25) is 0 Å². The van der Waals surface area contributed by atoms with E-state index in [1.807, 2.05) is 0 Å². The normalized spacial score (nSPS) is 16.0. The van der Waals surface area contributed by atoms with Crippen molar-refractivity contribution in [2.24, 2.45) is 0 Å². The van der Waals surface area contributed by atoms with Crippen molar-refractivity contribution in [2.75, 3.05) is 13.2 Å². The fraction of sp³-hybridized carbons (Fsp3) is 1.00. The molecule has 2 atom stereocenters. The van der Waals surface area contributed by atoms with Crippen molar-refractivity contribution in [2.45, 2.75) is 91.4 Å². The van der Waals surface area contributed by atoms with E-state index in [2.05, 4.69) is 55.4 Å². The van der Waals surface area contributed by atoms with Crippen molar-refractivity contribution in [1.29, 1.82) is 0 Å². The average Bonchev–Trinajstić information content (AvgIpc) is 2.33. The monoisotopic (exact) mass is 338 g/mol. The first-order valence-electron chi connectivity index (χ1n) is 8.17. The van der Waals surface area contributed by atoms with Crippen LogP contribution < -0.4 is 0 Å². The van der Waals surface area contributed by atoms with Crippen molar-refractivity contribution in [3.63, 3.8) is 0 Å². The third kappa shape index (κ3) is 10.2. The molecule has 0 amide bonds. The lowest BCUT2D eigenvalue weighted by Gasteiger charge is -2.36. The lowest BCUT2D eigenvalue weighted by atomic mass is 10.3. The van der Waals surface area contributed by atoms with Gasteiger partial charge in [0.05, 0.1) is 13.2 Å². The van der Waals surface area contributed by atoms with E-state index in [9.17, 15) is 0 Å². The van der Waals surface area contributed by atoms with Crippen LogP contribution in [0.4, 0.5) is 0 Å². The van der Waals surface area contributed by atoms with E-state index in [0.717, 1.165) is 38.9 Å². The van der Waals surface area contributed by atoms with Crippen LogP contribution in [0.5, 0.6) is 0 Å². The molecule has 0 heterocycles. The molecular formula is C16H36O3P2. The maximum Gasteiger partial charge on any atom is 0.182 e. The number of hydrogen-bond acceptors (Lipinski definition) is 3. The van der Waals surface area contributed by atoms with E-state index in [1.165, 1.54) is 0 Å². The lowest BCUT2D eigenvalue weighted by Crippen LogP contribution is -2.19. The van der Waals surface area contributed by atoms with Gasteiger partial charge in [-0.15, -0.1) is 0 Å². The molecule has 0 saturated carbocycles. The second kappa shape index (κ2) is 10.5. The predicted molar refractivity (Wildman–Crippen MR) is 96.2 cm³/mol. The van der Waals surface area contributed by atoms with Gasteiger partial charge in [0.15, 0.2) is 16.8 Å². The first-order chi connectivity index (χ1) is 9.62. The third-order valence-corrected chi connectivity index (χ3v) is 6.87. The first-order valence-corrected chi connectivity index (χ1v) is 10.5. The van der Waals surface area contributed by atoms with Crippen molar-refractivity contribution >= 4 is 16.8 Å². The summed E-state index contributed by atoms with van der Waals surface area (Å²) in [4.78, 5) is 0. The number of rotatable bonds is 10. The van der Waals surface area contributed by atoms with Gasteiger partial charge in [-0.1, -0.05) is 68.2 Å². The lowest BCUT2D eigenvalue weighted by molar-refractivity contribution is 0.261. The summed E-state index contributed by atoms with van der Waals surface area (Å²) < 4.78 is 18.5. The molecule has 0 rings (SSSR count). The molecule has 21 heavy (non-hydrogen) atoms. The highest BCUT2D eigenvalue weighted by atomic mass is 31.2. The quantitative estimate of drug-likeness (QED) is 0.322. The van der Waals surface area contributed by atoms with Crippen LogP contribution >= 0.6 is 16.8 Å². The zero-order valence-electron chi connectivity index (χ0n) is 15.4. The minimum absolute atomic E-state index is 0.0169. The van der Waals surface area contributed by atoms with Crippen LogP contribution in [0.1, 0.15) is 81.1 Å². The van der Waals surface area contributed by atoms with Gasteiger partial charge in [0.25, 0.3) is 0 Å². The molecule has 0 N–H and O–H groups in total. The van der Waals surface area contributed by atoms with Crippen LogP contribution in [-0.2, 0) is 13.4 Å². The highest BCUT2D eigenvalue weighted by Crippen LogP contribution is 2.65. The molecule has 0 aliphatic carbocycles. The van der Waals surface area contributed by atoms with Crippen LogP contribution in [0.3, 0.4) is 0 Å². The number of hydrogen-bond donors (Lipinski definition) is 0. The summed E-state index contributed by atoms with van der Waals surface area (Å²) in [6.45, 7) is 19.0. The standard InChI is InChI=1S/C16H36O3P2/c1-9-11-13-17-20(15(3,4)5)19-21(16(6,7)8)18-14-12-10-2/h9-14H2,1-8H3. The summed E-state index contributed by atoms with van der Waals surface area (Å²) in [5, 5.41) is 0.0338. The van der Waals surface area contributed by atoms with Crippen molar-refractivity contribution in [3.05, 3.63) is 0 Å². The molecule has 0 aromatic carbocycles. The highest BCUT2D eigenvalue weighted by Gasteiger charge is 2.36. The Morgan fingerprint density at radius 3 is 1.24 bits per heavy atom. The Balaban J connectivity index is 4.70. The van der Waals surface area contributed by atoms with Gasteiger partial charge in [-0.3, -0.25) is 4.31 Å². The van der Waals surface area contributed by atoms with Crippen LogP contribution in [0.25, 0.3) is 0 Å². The minimum Gasteiger partial charge on any atom is -0.333 e. The predicted octanol–water partition coefficient (Wildman–Crippen LogP) is 6.86. The molecule has 0 spiro atoms. The Bertz CT molecular complexity index is 233. The third-order valence-electron chi connectivity index (χ3n) is 2.66. The molecule has 0 fully saturated rings. The first kappa shape index (κ1) is 21.7. The summed E-state index contributed by atoms with van der Waals surface area (Å²) in [6, 6.07) is 0. The Labute approximate surface area is 135 Å². The maximum atomic E-state index is 6.36. The molecule has 0 saturated heterocycles. The molecule has 128 valence electrons. The van der Waals surface area contributed by atoms with Gasteiger partial charge in [-0.25, -0.2) is 0 Å². The summed E-state index contributed by atoms with van der Waals surface area (Å²) >= 11 is 0. The summed E-state index contributed by atoms with van der Waals surface area (Å²) in [7, 11) is -1.87. The Hall–Kier alpha value is 0.740. The summed E-state index contributed by atoms with van der Waals surface area (Å²) in [5.41, 5.74) is 0. The van der Waals surface area contributed by atoms with E-state index < -0.39 is 16.8 Å². The molecule has 2 unspecified atom stereocenters. The minimum atomic E-state index is -0.934. The fourth-order valence-corrected chi connectivity index (χ4v) is 5.57. The molecule has 3 nitrogen and oxygen atoms in total. The molecule has 0 aliphatic rings. The van der Waals surface area contributed by atoms with Crippen molar-refractivity contribution < 1.29 is 13.4 Å². The van der Waals surface area contributed by atoms with E-state index in [-0.39, 0.29) is 10.3 Å². The van der Waals surface area contributed by atoms with E-state index >= 15 is 0 Å². The SMILES string of the molecule is CCCCOP(OP(OCCCC)C(C)(C)C)C(C)(C)C. The summed E-state index contributed by atoms with van der Waals surface area (Å²) in [6.07, 6.45) is 4.47. The van der Waals surface area contributed by atoms with Crippen molar-refractivity contribution in [3.8, 4) is 0 Å². The molecule has 0 aromatic heterocycles. The molecule has 0 aromatic rings.